The predicted molar refractivity (Wildman–Crippen MR) is 97.4 cm³/mol. The molecule has 0 bridgehead atoms. The number of thiophene rings is 1. The Morgan fingerprint density at radius 2 is 2.20 bits per heavy atom. The van der Waals surface area contributed by atoms with Gasteiger partial charge in [-0.15, -0.1) is 11.3 Å². The van der Waals surface area contributed by atoms with E-state index >= 15 is 0 Å². The lowest BCUT2D eigenvalue weighted by Crippen LogP contribution is -2.40. The number of nitrogens with one attached hydrogen (secondary N) is 1. The lowest BCUT2D eigenvalue weighted by molar-refractivity contribution is 0.0741. The number of rotatable bonds is 6. The number of carbonyl (C=O) groups is 1. The van der Waals surface area contributed by atoms with Crippen molar-refractivity contribution in [2.24, 2.45) is 0 Å². The van der Waals surface area contributed by atoms with Crippen LogP contribution in [0.4, 0.5) is 0 Å². The van der Waals surface area contributed by atoms with Gasteiger partial charge < -0.3 is 19.7 Å². The molecule has 0 aromatic carbocycles. The first-order valence-corrected chi connectivity index (χ1v) is 9.20. The molecule has 0 saturated carbocycles. The van der Waals surface area contributed by atoms with E-state index in [-0.39, 0.29) is 11.9 Å². The Bertz CT molecular complexity index is 777. The summed E-state index contributed by atoms with van der Waals surface area (Å²) in [6, 6.07) is 0.249. The molecule has 136 valence electrons. The molecule has 1 aliphatic heterocycles. The average Bonchev–Trinajstić information content (AvgIpc) is 3.19. The highest BCUT2D eigenvalue weighted by Crippen LogP contribution is 2.36. The van der Waals surface area contributed by atoms with Crippen molar-refractivity contribution in [3.8, 4) is 5.88 Å². The summed E-state index contributed by atoms with van der Waals surface area (Å²) in [5.74, 6) is 1.13. The first-order chi connectivity index (χ1) is 12.1. The van der Waals surface area contributed by atoms with Crippen LogP contribution in [0, 0.1) is 6.92 Å². The second-order valence-electron chi connectivity index (χ2n) is 6.17. The number of nitrogens with zero attached hydrogens (tertiary/aromatic N) is 3. The number of aromatic nitrogens is 2. The van der Waals surface area contributed by atoms with Crippen molar-refractivity contribution in [2.75, 3.05) is 34.4 Å². The standard InChI is InChI=1S/C17H24N4O3S/c1-10-13-15(24-4)19-12(9-23-3)20-16(13)25-14(10)17(22)21-7-5-6-11(21)8-18-2/h11,18H,5-9H2,1-4H3. The highest BCUT2D eigenvalue weighted by molar-refractivity contribution is 7.20. The zero-order valence-electron chi connectivity index (χ0n) is 15.1. The number of hydrogen-bond acceptors (Lipinski definition) is 7. The monoisotopic (exact) mass is 364 g/mol. The molecule has 3 heterocycles. The molecule has 1 saturated heterocycles. The molecule has 2 aromatic heterocycles. The molecule has 1 fully saturated rings. The molecule has 25 heavy (non-hydrogen) atoms. The highest BCUT2D eigenvalue weighted by Gasteiger charge is 2.31. The summed E-state index contributed by atoms with van der Waals surface area (Å²) in [7, 11) is 5.10. The van der Waals surface area contributed by atoms with Crippen LogP contribution >= 0.6 is 11.3 Å². The maximum Gasteiger partial charge on any atom is 0.264 e. The van der Waals surface area contributed by atoms with Gasteiger partial charge in [0.15, 0.2) is 5.82 Å². The van der Waals surface area contributed by atoms with E-state index in [1.807, 2.05) is 18.9 Å². The molecule has 2 aromatic rings. The van der Waals surface area contributed by atoms with E-state index < -0.39 is 0 Å². The van der Waals surface area contributed by atoms with Crippen molar-refractivity contribution >= 4 is 27.5 Å². The summed E-state index contributed by atoms with van der Waals surface area (Å²) in [5, 5.41) is 4.00. The Labute approximate surface area is 151 Å². The first-order valence-electron chi connectivity index (χ1n) is 8.39. The van der Waals surface area contributed by atoms with Gasteiger partial charge in [-0.1, -0.05) is 0 Å². The number of amides is 1. The zero-order chi connectivity index (χ0) is 18.0. The van der Waals surface area contributed by atoms with E-state index in [9.17, 15) is 4.79 Å². The van der Waals surface area contributed by atoms with Crippen LogP contribution in [0.25, 0.3) is 10.2 Å². The SMILES string of the molecule is CNCC1CCCN1C(=O)c1sc2nc(COC)nc(OC)c2c1C. The van der Waals surface area contributed by atoms with Crippen LogP contribution in [0.15, 0.2) is 0 Å². The van der Waals surface area contributed by atoms with E-state index in [0.717, 1.165) is 46.6 Å². The number of ether oxygens (including phenoxy) is 2. The summed E-state index contributed by atoms with van der Waals surface area (Å²) in [4.78, 5) is 25.5. The molecular weight excluding hydrogens is 340 g/mol. The van der Waals surface area contributed by atoms with Crippen LogP contribution in [-0.2, 0) is 11.3 Å². The number of aryl methyl sites for hydroxylation is 1. The van der Waals surface area contributed by atoms with Gasteiger partial charge in [-0.05, 0) is 32.4 Å². The number of carbonyl (C=O) groups excluding carboxylic acids is 1. The average molecular weight is 364 g/mol. The lowest BCUT2D eigenvalue weighted by atomic mass is 10.1. The fourth-order valence-corrected chi connectivity index (χ4v) is 4.52. The summed E-state index contributed by atoms with van der Waals surface area (Å²) in [6.07, 6.45) is 2.08. The third kappa shape index (κ3) is 3.33. The van der Waals surface area contributed by atoms with Crippen molar-refractivity contribution in [3.05, 3.63) is 16.3 Å². The van der Waals surface area contributed by atoms with E-state index in [4.69, 9.17) is 9.47 Å². The fraction of sp³-hybridized carbons (Fsp3) is 0.588. The van der Waals surface area contributed by atoms with Crippen LogP contribution in [0.2, 0.25) is 0 Å². The summed E-state index contributed by atoms with van der Waals surface area (Å²) >= 11 is 1.41. The van der Waals surface area contributed by atoms with Gasteiger partial charge >= 0.3 is 0 Å². The van der Waals surface area contributed by atoms with E-state index in [1.165, 1.54) is 11.3 Å². The van der Waals surface area contributed by atoms with Crippen molar-refractivity contribution in [2.45, 2.75) is 32.4 Å². The number of likely N-dealkylation sites (tertiary alicyclic amines) is 1. The largest absolute Gasteiger partial charge is 0.480 e. The Morgan fingerprint density at radius 3 is 2.88 bits per heavy atom. The molecule has 0 radical (unpaired) electrons. The van der Waals surface area contributed by atoms with Crippen LogP contribution < -0.4 is 10.1 Å². The molecule has 1 atom stereocenters. The topological polar surface area (TPSA) is 76.6 Å². The van der Waals surface area contributed by atoms with Gasteiger partial charge in [-0.2, -0.15) is 4.98 Å². The highest BCUT2D eigenvalue weighted by atomic mass is 32.1. The minimum Gasteiger partial charge on any atom is -0.480 e. The van der Waals surface area contributed by atoms with Gasteiger partial charge in [0.05, 0.1) is 17.4 Å². The smallest absolute Gasteiger partial charge is 0.264 e. The number of likely N-dealkylation sites (N-methyl/N-ethyl adjacent to an activating group) is 1. The number of hydrogen-bond donors (Lipinski definition) is 1. The fourth-order valence-electron chi connectivity index (χ4n) is 3.37. The molecule has 1 unspecified atom stereocenters. The summed E-state index contributed by atoms with van der Waals surface area (Å²) in [5.41, 5.74) is 0.890. The van der Waals surface area contributed by atoms with Crippen LogP contribution in [0.3, 0.4) is 0 Å². The Morgan fingerprint density at radius 1 is 1.40 bits per heavy atom. The van der Waals surface area contributed by atoms with E-state index in [0.29, 0.717) is 18.3 Å². The molecule has 0 aliphatic carbocycles. The molecule has 1 aliphatic rings. The Balaban J connectivity index is 2.02. The molecule has 1 N–H and O–H groups in total. The predicted octanol–water partition coefficient (Wildman–Crippen LogP) is 1.98. The van der Waals surface area contributed by atoms with Crippen molar-refractivity contribution in [3.63, 3.8) is 0 Å². The van der Waals surface area contributed by atoms with Crippen LogP contribution in [0.5, 0.6) is 5.88 Å². The molecule has 1 amide bonds. The first kappa shape index (κ1) is 18.0. The normalized spacial score (nSPS) is 17.4. The molecular formula is C17H24N4O3S. The Kier molecular flexibility index (Phi) is 5.51. The molecule has 8 heteroatoms. The van der Waals surface area contributed by atoms with Gasteiger partial charge in [0, 0.05) is 26.2 Å². The number of methoxy groups -OCH3 is 2. The minimum absolute atomic E-state index is 0.0774. The third-order valence-electron chi connectivity index (χ3n) is 4.54. The maximum atomic E-state index is 13.1. The quantitative estimate of drug-likeness (QED) is 0.845. The van der Waals surface area contributed by atoms with Crippen LogP contribution in [-0.4, -0.2) is 61.2 Å². The van der Waals surface area contributed by atoms with E-state index in [1.54, 1.807) is 14.2 Å². The van der Waals surface area contributed by atoms with Gasteiger partial charge in [0.2, 0.25) is 5.88 Å². The van der Waals surface area contributed by atoms with Crippen molar-refractivity contribution in [1.29, 1.82) is 0 Å². The summed E-state index contributed by atoms with van der Waals surface area (Å²) in [6.45, 7) is 3.87. The van der Waals surface area contributed by atoms with Gasteiger partial charge in [-0.25, -0.2) is 4.98 Å². The molecule has 3 rings (SSSR count). The van der Waals surface area contributed by atoms with Crippen LogP contribution in [0.1, 0.15) is 33.9 Å². The number of fused-ring (bicyclic) bond motifs is 1. The third-order valence-corrected chi connectivity index (χ3v) is 5.72. The van der Waals surface area contributed by atoms with E-state index in [2.05, 4.69) is 15.3 Å². The van der Waals surface area contributed by atoms with Crippen molar-refractivity contribution < 1.29 is 14.3 Å². The second-order valence-corrected chi connectivity index (χ2v) is 7.17. The lowest BCUT2D eigenvalue weighted by Gasteiger charge is -2.24. The van der Waals surface area contributed by atoms with Gasteiger partial charge in [-0.3, -0.25) is 4.79 Å². The van der Waals surface area contributed by atoms with Crippen molar-refractivity contribution in [1.82, 2.24) is 20.2 Å². The van der Waals surface area contributed by atoms with Gasteiger partial charge in [0.25, 0.3) is 5.91 Å². The second kappa shape index (κ2) is 7.63. The summed E-state index contributed by atoms with van der Waals surface area (Å²) < 4.78 is 10.6. The Hall–Kier alpha value is -1.77. The van der Waals surface area contributed by atoms with Gasteiger partial charge in [0.1, 0.15) is 11.4 Å². The minimum atomic E-state index is 0.0774. The molecule has 7 nitrogen and oxygen atoms in total. The molecule has 0 spiro atoms. The zero-order valence-corrected chi connectivity index (χ0v) is 15.9. The maximum absolute atomic E-state index is 13.1.